The van der Waals surface area contributed by atoms with Gasteiger partial charge in [-0.25, -0.2) is 9.38 Å². The Balaban J connectivity index is 1.57. The number of carbonyl (C=O) groups excluding carboxylic acids is 1. The van der Waals surface area contributed by atoms with Crippen LogP contribution in [-0.2, 0) is 17.6 Å². The van der Waals surface area contributed by atoms with Crippen LogP contribution in [0, 0.1) is 5.82 Å². The van der Waals surface area contributed by atoms with Crippen LogP contribution in [-0.4, -0.2) is 55.5 Å². The van der Waals surface area contributed by atoms with Crippen molar-refractivity contribution in [1.82, 2.24) is 20.5 Å². The molecule has 3 rings (SSSR count). The molecule has 2 heterocycles. The summed E-state index contributed by atoms with van der Waals surface area (Å²) in [5.74, 6) is 1.12. The maximum absolute atomic E-state index is 13.3. The van der Waals surface area contributed by atoms with E-state index in [2.05, 4.69) is 20.6 Å². The fourth-order valence-electron chi connectivity index (χ4n) is 2.90. The van der Waals surface area contributed by atoms with Gasteiger partial charge in [0.25, 0.3) is 0 Å². The summed E-state index contributed by atoms with van der Waals surface area (Å²) in [6, 6.07) is 8.50. The molecule has 154 valence electrons. The fourth-order valence-corrected chi connectivity index (χ4v) is 2.90. The molecule has 7 nitrogen and oxygen atoms in total. The molecule has 0 aliphatic heterocycles. The Morgan fingerprint density at radius 3 is 2.72 bits per heavy atom. The van der Waals surface area contributed by atoms with E-state index in [1.165, 1.54) is 17.0 Å². The molecular weight excluding hydrogens is 373 g/mol. The summed E-state index contributed by atoms with van der Waals surface area (Å²) < 4.78 is 18.7. The number of aliphatic imine (C=N–C) groups is 1. The molecule has 0 saturated heterocycles. The third kappa shape index (κ3) is 5.84. The quantitative estimate of drug-likeness (QED) is 0.401. The summed E-state index contributed by atoms with van der Waals surface area (Å²) in [6.07, 6.45) is 4.98. The number of hydrogen-bond donors (Lipinski definition) is 3. The highest BCUT2D eigenvalue weighted by Gasteiger charge is 2.07. The summed E-state index contributed by atoms with van der Waals surface area (Å²) in [7, 11) is 3.41. The van der Waals surface area contributed by atoms with Gasteiger partial charge in [0.1, 0.15) is 18.1 Å². The van der Waals surface area contributed by atoms with Crippen LogP contribution in [0.3, 0.4) is 0 Å². The number of hydrogen-bond acceptors (Lipinski definition) is 3. The lowest BCUT2D eigenvalue weighted by atomic mass is 10.1. The number of H-pyrrole nitrogens is 1. The number of amides is 1. The summed E-state index contributed by atoms with van der Waals surface area (Å²) >= 11 is 0. The van der Waals surface area contributed by atoms with Crippen molar-refractivity contribution in [2.45, 2.75) is 12.8 Å². The second kappa shape index (κ2) is 9.77. The number of guanidine groups is 1. The topological polar surface area (TPSA) is 85.7 Å². The molecule has 3 N–H and O–H groups in total. The van der Waals surface area contributed by atoms with E-state index >= 15 is 0 Å². The van der Waals surface area contributed by atoms with Gasteiger partial charge in [0.05, 0.1) is 6.26 Å². The van der Waals surface area contributed by atoms with Gasteiger partial charge in [-0.2, -0.15) is 0 Å². The van der Waals surface area contributed by atoms with Gasteiger partial charge in [-0.1, -0.05) is 0 Å². The molecule has 1 amide bonds. The van der Waals surface area contributed by atoms with Crippen molar-refractivity contribution in [2.75, 3.05) is 33.7 Å². The first kappa shape index (κ1) is 20.4. The van der Waals surface area contributed by atoms with E-state index in [-0.39, 0.29) is 18.3 Å². The summed E-state index contributed by atoms with van der Waals surface area (Å²) in [5, 5.41) is 7.49. The van der Waals surface area contributed by atoms with Gasteiger partial charge in [0.2, 0.25) is 5.91 Å². The van der Waals surface area contributed by atoms with E-state index in [9.17, 15) is 9.18 Å². The molecule has 29 heavy (non-hydrogen) atoms. The Hall–Kier alpha value is -3.29. The minimum absolute atomic E-state index is 0.0649. The predicted molar refractivity (Wildman–Crippen MR) is 111 cm³/mol. The van der Waals surface area contributed by atoms with E-state index in [0.29, 0.717) is 25.5 Å². The van der Waals surface area contributed by atoms with Crippen molar-refractivity contribution in [3.05, 3.63) is 59.9 Å². The normalized spacial score (nSPS) is 11.6. The summed E-state index contributed by atoms with van der Waals surface area (Å²) in [6.45, 7) is 1.31. The van der Waals surface area contributed by atoms with Gasteiger partial charge in [0, 0.05) is 50.7 Å². The van der Waals surface area contributed by atoms with Crippen LogP contribution in [0.2, 0.25) is 0 Å². The van der Waals surface area contributed by atoms with Crippen molar-refractivity contribution in [3.8, 4) is 0 Å². The number of rotatable bonds is 8. The van der Waals surface area contributed by atoms with Crippen LogP contribution in [0.4, 0.5) is 4.39 Å². The first-order valence-corrected chi connectivity index (χ1v) is 9.53. The maximum atomic E-state index is 13.3. The molecule has 0 bridgehead atoms. The lowest BCUT2D eigenvalue weighted by Crippen LogP contribution is -2.40. The highest BCUT2D eigenvalue weighted by atomic mass is 19.1. The fraction of sp³-hybridized carbons (Fsp3) is 0.333. The summed E-state index contributed by atoms with van der Waals surface area (Å²) in [5.41, 5.74) is 1.87. The number of aromatic amines is 1. The standard InChI is InChI=1S/C21H26FN5O2/c1-27(2)20(28)14-26-21(24-10-8-17-4-3-11-29-17)23-9-7-15-13-25-19-12-16(22)5-6-18(15)19/h3-6,11-13,25H,7-10,14H2,1-2H3,(H2,23,24,26). The molecule has 0 fully saturated rings. The second-order valence-electron chi connectivity index (χ2n) is 6.89. The Labute approximate surface area is 169 Å². The average Bonchev–Trinajstić information content (AvgIpc) is 3.35. The van der Waals surface area contributed by atoms with E-state index < -0.39 is 0 Å². The van der Waals surface area contributed by atoms with Gasteiger partial charge in [-0.15, -0.1) is 0 Å². The number of furan rings is 1. The van der Waals surface area contributed by atoms with Crippen LogP contribution in [0.5, 0.6) is 0 Å². The zero-order valence-electron chi connectivity index (χ0n) is 16.7. The van der Waals surface area contributed by atoms with Crippen molar-refractivity contribution >= 4 is 22.8 Å². The van der Waals surface area contributed by atoms with Crippen LogP contribution in [0.15, 0.2) is 52.2 Å². The molecule has 8 heteroatoms. The second-order valence-corrected chi connectivity index (χ2v) is 6.89. The van der Waals surface area contributed by atoms with Gasteiger partial charge in [0.15, 0.2) is 5.96 Å². The SMILES string of the molecule is CN(C)C(=O)CN=C(NCCc1ccco1)NCCc1c[nH]c2cc(F)ccc12. The number of carbonyl (C=O) groups is 1. The minimum atomic E-state index is -0.259. The highest BCUT2D eigenvalue weighted by molar-refractivity contribution is 5.85. The van der Waals surface area contributed by atoms with Crippen LogP contribution in [0.25, 0.3) is 10.9 Å². The van der Waals surface area contributed by atoms with Crippen LogP contribution in [0.1, 0.15) is 11.3 Å². The van der Waals surface area contributed by atoms with Gasteiger partial charge in [-0.05, 0) is 42.3 Å². The van der Waals surface area contributed by atoms with Crippen molar-refractivity contribution in [3.63, 3.8) is 0 Å². The Bertz CT molecular complexity index is 963. The Morgan fingerprint density at radius 1 is 1.21 bits per heavy atom. The molecule has 1 aromatic carbocycles. The van der Waals surface area contributed by atoms with Gasteiger partial charge < -0.3 is 24.9 Å². The van der Waals surface area contributed by atoms with Crippen LogP contribution < -0.4 is 10.6 Å². The number of benzene rings is 1. The van der Waals surface area contributed by atoms with E-state index in [1.54, 1.807) is 26.4 Å². The van der Waals surface area contributed by atoms with Crippen molar-refractivity contribution < 1.29 is 13.6 Å². The largest absolute Gasteiger partial charge is 0.469 e. The van der Waals surface area contributed by atoms with E-state index in [1.807, 2.05) is 18.3 Å². The molecular formula is C21H26FN5O2. The molecule has 2 aromatic heterocycles. The lowest BCUT2D eigenvalue weighted by Gasteiger charge is -2.13. The Morgan fingerprint density at radius 2 is 2.00 bits per heavy atom. The monoisotopic (exact) mass is 399 g/mol. The van der Waals surface area contributed by atoms with Gasteiger partial charge >= 0.3 is 0 Å². The van der Waals surface area contributed by atoms with Gasteiger partial charge in [-0.3, -0.25) is 4.79 Å². The number of nitrogens with zero attached hydrogens (tertiary/aromatic N) is 2. The minimum Gasteiger partial charge on any atom is -0.469 e. The third-order valence-electron chi connectivity index (χ3n) is 4.53. The molecule has 3 aromatic rings. The number of aromatic nitrogens is 1. The molecule has 0 spiro atoms. The Kier molecular flexibility index (Phi) is 6.89. The number of nitrogens with one attached hydrogen (secondary N) is 3. The molecule has 0 saturated carbocycles. The van der Waals surface area contributed by atoms with Crippen molar-refractivity contribution in [2.24, 2.45) is 4.99 Å². The zero-order valence-corrected chi connectivity index (χ0v) is 16.7. The molecule has 0 atom stereocenters. The molecule has 0 radical (unpaired) electrons. The summed E-state index contributed by atoms with van der Waals surface area (Å²) in [4.78, 5) is 20.8. The first-order chi connectivity index (χ1) is 14.0. The number of halogens is 1. The molecule has 0 unspecified atom stereocenters. The highest BCUT2D eigenvalue weighted by Crippen LogP contribution is 2.19. The predicted octanol–water partition coefficient (Wildman–Crippen LogP) is 2.31. The van der Waals surface area contributed by atoms with E-state index in [0.717, 1.165) is 28.6 Å². The third-order valence-corrected chi connectivity index (χ3v) is 4.53. The van der Waals surface area contributed by atoms with Crippen LogP contribution >= 0.6 is 0 Å². The molecule has 0 aliphatic carbocycles. The maximum Gasteiger partial charge on any atom is 0.243 e. The zero-order chi connectivity index (χ0) is 20.6. The van der Waals surface area contributed by atoms with E-state index in [4.69, 9.17) is 4.42 Å². The first-order valence-electron chi connectivity index (χ1n) is 9.53. The average molecular weight is 399 g/mol. The number of likely N-dealkylation sites (N-methyl/N-ethyl adjacent to an activating group) is 1. The number of fused-ring (bicyclic) bond motifs is 1. The lowest BCUT2D eigenvalue weighted by molar-refractivity contribution is -0.127. The van der Waals surface area contributed by atoms with Crippen molar-refractivity contribution in [1.29, 1.82) is 0 Å². The smallest absolute Gasteiger partial charge is 0.243 e. The molecule has 0 aliphatic rings.